The number of hydrogen-bond donors (Lipinski definition) is 1. The average molecular weight is 268 g/mol. The third-order valence-corrected chi connectivity index (χ3v) is 4.14. The molecule has 0 unspecified atom stereocenters. The van der Waals surface area contributed by atoms with Crippen molar-refractivity contribution in [3.05, 3.63) is 27.9 Å². The van der Waals surface area contributed by atoms with Crippen LogP contribution in [0.15, 0.2) is 17.3 Å². The van der Waals surface area contributed by atoms with Gasteiger partial charge in [0.1, 0.15) is 11.8 Å². The number of carboxylic acids is 1. The van der Waals surface area contributed by atoms with Crippen molar-refractivity contribution in [3.8, 4) is 0 Å². The number of nitro groups is 1. The molecule has 1 heterocycles. The van der Waals surface area contributed by atoms with E-state index in [0.717, 1.165) is 19.0 Å². The van der Waals surface area contributed by atoms with Gasteiger partial charge >= 0.3 is 11.7 Å². The highest BCUT2D eigenvalue weighted by atomic mass is 32.2. The van der Waals surface area contributed by atoms with Gasteiger partial charge in [-0.1, -0.05) is 12.8 Å². The summed E-state index contributed by atoms with van der Waals surface area (Å²) in [4.78, 5) is 24.9. The highest BCUT2D eigenvalue weighted by Crippen LogP contribution is 2.34. The monoisotopic (exact) mass is 268 g/mol. The lowest BCUT2D eigenvalue weighted by Gasteiger charge is -2.08. The molecule has 0 saturated heterocycles. The fraction of sp³-hybridized carbons (Fsp3) is 0.455. The van der Waals surface area contributed by atoms with Gasteiger partial charge in [-0.2, -0.15) is 0 Å². The Hall–Kier alpha value is -1.63. The summed E-state index contributed by atoms with van der Waals surface area (Å²) in [5, 5.41) is 20.6. The van der Waals surface area contributed by atoms with Crippen molar-refractivity contribution in [1.29, 1.82) is 0 Å². The zero-order valence-electron chi connectivity index (χ0n) is 9.54. The number of thioether (sulfide) groups is 1. The normalized spacial score (nSPS) is 15.8. The summed E-state index contributed by atoms with van der Waals surface area (Å²) in [6.45, 7) is 0. The van der Waals surface area contributed by atoms with Crippen molar-refractivity contribution in [3.63, 3.8) is 0 Å². The number of aromatic carboxylic acids is 1. The standard InChI is InChI=1S/C11H12N2O4S/c14-11(15)8-5-10(12-6-9(8)13(16)17)18-7-3-1-2-4-7/h5-7H,1-4H2,(H,14,15). The first-order valence-corrected chi connectivity index (χ1v) is 6.50. The third kappa shape index (κ3) is 2.79. The third-order valence-electron chi connectivity index (χ3n) is 2.87. The van der Waals surface area contributed by atoms with Gasteiger partial charge in [0.15, 0.2) is 0 Å². The number of carboxylic acid groups (broad SMARTS) is 1. The van der Waals surface area contributed by atoms with Crippen LogP contribution in [0.5, 0.6) is 0 Å². The molecule has 0 amide bonds. The summed E-state index contributed by atoms with van der Waals surface area (Å²) >= 11 is 1.51. The van der Waals surface area contributed by atoms with Gasteiger partial charge < -0.3 is 5.11 Å². The fourth-order valence-corrected chi connectivity index (χ4v) is 3.20. The second-order valence-corrected chi connectivity index (χ2v) is 5.45. The number of pyridine rings is 1. The van der Waals surface area contributed by atoms with Crippen LogP contribution in [0, 0.1) is 10.1 Å². The van der Waals surface area contributed by atoms with E-state index in [1.165, 1.54) is 30.7 Å². The van der Waals surface area contributed by atoms with E-state index in [4.69, 9.17) is 5.11 Å². The number of nitrogens with zero attached hydrogens (tertiary/aromatic N) is 2. The molecular formula is C11H12N2O4S. The summed E-state index contributed by atoms with van der Waals surface area (Å²) in [5.74, 6) is -1.29. The maximum absolute atomic E-state index is 11.0. The van der Waals surface area contributed by atoms with Crippen LogP contribution in [0.25, 0.3) is 0 Å². The number of aromatic nitrogens is 1. The van der Waals surface area contributed by atoms with E-state index >= 15 is 0 Å². The summed E-state index contributed by atoms with van der Waals surface area (Å²) in [6.07, 6.45) is 5.56. The molecule has 1 N–H and O–H groups in total. The summed E-state index contributed by atoms with van der Waals surface area (Å²) < 4.78 is 0. The summed E-state index contributed by atoms with van der Waals surface area (Å²) in [5.41, 5.74) is -0.756. The minimum Gasteiger partial charge on any atom is -0.477 e. The van der Waals surface area contributed by atoms with Crippen LogP contribution in [-0.2, 0) is 0 Å². The average Bonchev–Trinajstić information content (AvgIpc) is 2.81. The second-order valence-electron chi connectivity index (χ2n) is 4.13. The van der Waals surface area contributed by atoms with Crippen LogP contribution in [-0.4, -0.2) is 26.2 Å². The molecule has 0 aromatic carbocycles. The Kier molecular flexibility index (Phi) is 3.81. The number of carbonyl (C=O) groups is 1. The Labute approximate surface area is 108 Å². The van der Waals surface area contributed by atoms with Crippen molar-refractivity contribution < 1.29 is 14.8 Å². The lowest BCUT2D eigenvalue weighted by Crippen LogP contribution is -2.04. The van der Waals surface area contributed by atoms with Crippen molar-refractivity contribution in [2.75, 3.05) is 0 Å². The SMILES string of the molecule is O=C(O)c1cc(SC2CCCC2)ncc1[N+](=O)[O-]. The van der Waals surface area contributed by atoms with Crippen LogP contribution in [0.4, 0.5) is 5.69 Å². The van der Waals surface area contributed by atoms with E-state index in [-0.39, 0.29) is 5.56 Å². The smallest absolute Gasteiger partial charge is 0.342 e. The fourth-order valence-electron chi connectivity index (χ4n) is 1.99. The predicted molar refractivity (Wildman–Crippen MR) is 66.0 cm³/mol. The maximum Gasteiger partial charge on any atom is 0.342 e. The first kappa shape index (κ1) is 12.8. The number of rotatable bonds is 4. The van der Waals surface area contributed by atoms with Gasteiger partial charge in [-0.15, -0.1) is 11.8 Å². The van der Waals surface area contributed by atoms with Gasteiger partial charge in [-0.25, -0.2) is 9.78 Å². The molecular weight excluding hydrogens is 256 g/mol. The number of hydrogen-bond acceptors (Lipinski definition) is 5. The Morgan fingerprint density at radius 3 is 2.72 bits per heavy atom. The molecule has 2 rings (SSSR count). The van der Waals surface area contributed by atoms with Gasteiger partial charge in [0, 0.05) is 5.25 Å². The molecule has 1 aromatic rings. The lowest BCUT2D eigenvalue weighted by molar-refractivity contribution is -0.385. The van der Waals surface area contributed by atoms with Crippen LogP contribution in [0.3, 0.4) is 0 Å². The molecule has 1 saturated carbocycles. The molecule has 96 valence electrons. The maximum atomic E-state index is 11.0. The van der Waals surface area contributed by atoms with Gasteiger partial charge in [0.2, 0.25) is 0 Å². The molecule has 1 aromatic heterocycles. The van der Waals surface area contributed by atoms with Gasteiger partial charge in [0.25, 0.3) is 0 Å². The lowest BCUT2D eigenvalue weighted by atomic mass is 10.2. The minimum absolute atomic E-state index is 0.296. The molecule has 1 fully saturated rings. The minimum atomic E-state index is -1.29. The molecule has 7 heteroatoms. The first-order valence-electron chi connectivity index (χ1n) is 5.62. The summed E-state index contributed by atoms with van der Waals surface area (Å²) in [6, 6.07) is 1.30. The first-order chi connectivity index (χ1) is 8.58. The molecule has 0 atom stereocenters. The molecule has 0 radical (unpaired) electrons. The molecule has 0 aliphatic heterocycles. The Balaban J connectivity index is 2.24. The van der Waals surface area contributed by atoms with Gasteiger partial charge in [-0.3, -0.25) is 10.1 Å². The van der Waals surface area contributed by atoms with E-state index in [2.05, 4.69) is 4.98 Å². The second kappa shape index (κ2) is 5.34. The molecule has 1 aliphatic rings. The van der Waals surface area contributed by atoms with Crippen molar-refractivity contribution in [1.82, 2.24) is 4.98 Å². The zero-order chi connectivity index (χ0) is 13.1. The van der Waals surface area contributed by atoms with Crippen molar-refractivity contribution in [2.24, 2.45) is 0 Å². The van der Waals surface area contributed by atoms with Crippen molar-refractivity contribution >= 4 is 23.4 Å². The summed E-state index contributed by atoms with van der Waals surface area (Å²) in [7, 11) is 0. The van der Waals surface area contributed by atoms with Crippen LogP contribution < -0.4 is 0 Å². The molecule has 0 bridgehead atoms. The van der Waals surface area contributed by atoms with Crippen LogP contribution in [0.1, 0.15) is 36.0 Å². The largest absolute Gasteiger partial charge is 0.477 e. The predicted octanol–water partition coefficient (Wildman–Crippen LogP) is 2.72. The zero-order valence-corrected chi connectivity index (χ0v) is 10.4. The van der Waals surface area contributed by atoms with Crippen molar-refractivity contribution in [2.45, 2.75) is 36.0 Å². The molecule has 6 nitrogen and oxygen atoms in total. The molecule has 1 aliphatic carbocycles. The quantitative estimate of drug-likeness (QED) is 0.666. The molecule has 0 spiro atoms. The van der Waals surface area contributed by atoms with E-state index in [1.807, 2.05) is 0 Å². The van der Waals surface area contributed by atoms with Crippen LogP contribution in [0.2, 0.25) is 0 Å². The van der Waals surface area contributed by atoms with E-state index in [9.17, 15) is 14.9 Å². The highest BCUT2D eigenvalue weighted by molar-refractivity contribution is 7.99. The topological polar surface area (TPSA) is 93.3 Å². The van der Waals surface area contributed by atoms with Gasteiger partial charge in [-0.05, 0) is 18.9 Å². The van der Waals surface area contributed by atoms with E-state index in [1.54, 1.807) is 0 Å². The highest BCUT2D eigenvalue weighted by Gasteiger charge is 2.23. The Morgan fingerprint density at radius 1 is 1.50 bits per heavy atom. The van der Waals surface area contributed by atoms with E-state index in [0.29, 0.717) is 10.3 Å². The van der Waals surface area contributed by atoms with Gasteiger partial charge in [0.05, 0.1) is 9.95 Å². The Bertz CT molecular complexity index is 486. The molecule has 18 heavy (non-hydrogen) atoms. The van der Waals surface area contributed by atoms with Crippen LogP contribution >= 0.6 is 11.8 Å². The Morgan fingerprint density at radius 2 is 2.17 bits per heavy atom. The van der Waals surface area contributed by atoms with E-state index < -0.39 is 16.6 Å².